The van der Waals surface area contributed by atoms with Crippen LogP contribution in [0, 0.1) is 13.8 Å². The summed E-state index contributed by atoms with van der Waals surface area (Å²) in [6.45, 7) is 12.2. The lowest BCUT2D eigenvalue weighted by atomic mass is 9.99. The molecule has 4 nitrogen and oxygen atoms in total. The molecule has 1 saturated heterocycles. The van der Waals surface area contributed by atoms with Gasteiger partial charge in [-0.3, -0.25) is 0 Å². The van der Waals surface area contributed by atoms with Gasteiger partial charge in [-0.05, 0) is 77.6 Å². The molecule has 27 heavy (non-hydrogen) atoms. The molecule has 2 aromatic rings. The number of piperidine rings is 1. The minimum Gasteiger partial charge on any atom is -0.464 e. The first-order valence-corrected chi connectivity index (χ1v) is 11.0. The van der Waals surface area contributed by atoms with E-state index in [2.05, 4.69) is 34.7 Å². The summed E-state index contributed by atoms with van der Waals surface area (Å²) in [6.07, 6.45) is 3.74. The van der Waals surface area contributed by atoms with Gasteiger partial charge in [0.2, 0.25) is 0 Å². The summed E-state index contributed by atoms with van der Waals surface area (Å²) in [5.41, 5.74) is 3.60. The summed E-state index contributed by atoms with van der Waals surface area (Å²) >= 11 is 0. The van der Waals surface area contributed by atoms with Gasteiger partial charge in [0.15, 0.2) is 0 Å². The highest BCUT2D eigenvalue weighted by atomic mass is 32.2. The van der Waals surface area contributed by atoms with Crippen LogP contribution in [0.25, 0.3) is 0 Å². The lowest BCUT2D eigenvalue weighted by Gasteiger charge is -2.33. The van der Waals surface area contributed by atoms with Crippen molar-refractivity contribution in [2.24, 2.45) is 0 Å². The number of hydrogen-bond acceptors (Lipinski definition) is 3. The lowest BCUT2D eigenvalue weighted by molar-refractivity contribution is 0.454. The Morgan fingerprint density at radius 1 is 1.07 bits per heavy atom. The van der Waals surface area contributed by atoms with Gasteiger partial charge in [0.1, 0.15) is 17.6 Å². The van der Waals surface area contributed by atoms with E-state index in [4.69, 9.17) is 4.42 Å². The van der Waals surface area contributed by atoms with Gasteiger partial charge in [-0.15, -0.1) is 0 Å². The fraction of sp³-hybridized carbons (Fsp3) is 0.545. The summed E-state index contributed by atoms with van der Waals surface area (Å²) in [4.78, 5) is 2.47. The maximum absolute atomic E-state index is 12.9. The third-order valence-electron chi connectivity index (χ3n) is 5.02. The summed E-state index contributed by atoms with van der Waals surface area (Å²) < 4.78 is 21.9. The molecule has 0 amide bonds. The Labute approximate surface area is 165 Å². The standard InChI is InChI=1S/C22H32N2O2S/c1-16-9-11-18(19(15-16)24-13-7-6-8-14-24)21(20-12-10-17(2)26-20)23-27(25)22(3,4)5/h9-12,15,21,23H,6-8,13-14H2,1-5H3/t21-,27+/m0/s1. The lowest BCUT2D eigenvalue weighted by Crippen LogP contribution is -2.37. The van der Waals surface area contributed by atoms with Crippen molar-refractivity contribution in [3.05, 3.63) is 53.0 Å². The first-order valence-electron chi connectivity index (χ1n) is 9.85. The molecule has 1 aromatic carbocycles. The van der Waals surface area contributed by atoms with Crippen molar-refractivity contribution >= 4 is 16.7 Å². The van der Waals surface area contributed by atoms with Gasteiger partial charge in [0.25, 0.3) is 0 Å². The van der Waals surface area contributed by atoms with Crippen LogP contribution in [0.5, 0.6) is 0 Å². The molecule has 0 saturated carbocycles. The van der Waals surface area contributed by atoms with Gasteiger partial charge in [-0.1, -0.05) is 12.1 Å². The number of nitrogens with one attached hydrogen (secondary N) is 1. The van der Waals surface area contributed by atoms with Crippen LogP contribution < -0.4 is 9.62 Å². The molecule has 1 N–H and O–H groups in total. The SMILES string of the molecule is Cc1ccc([C@H](N[S@](=O)C(C)(C)C)c2ccc(C)o2)c(N2CCCCC2)c1. The van der Waals surface area contributed by atoms with E-state index in [9.17, 15) is 4.21 Å². The molecule has 1 fully saturated rings. The maximum Gasteiger partial charge on any atom is 0.126 e. The summed E-state index contributed by atoms with van der Waals surface area (Å²) in [7, 11) is -1.21. The number of furan rings is 1. The first-order chi connectivity index (χ1) is 12.8. The Hall–Kier alpha value is -1.59. The van der Waals surface area contributed by atoms with E-state index < -0.39 is 11.0 Å². The molecule has 148 valence electrons. The van der Waals surface area contributed by atoms with E-state index >= 15 is 0 Å². The molecule has 5 heteroatoms. The van der Waals surface area contributed by atoms with Crippen LogP contribution in [0.2, 0.25) is 0 Å². The van der Waals surface area contributed by atoms with Crippen molar-refractivity contribution in [2.75, 3.05) is 18.0 Å². The van der Waals surface area contributed by atoms with Crippen molar-refractivity contribution < 1.29 is 8.63 Å². The Morgan fingerprint density at radius 2 is 1.78 bits per heavy atom. The summed E-state index contributed by atoms with van der Waals surface area (Å²) in [6, 6.07) is 10.3. The van der Waals surface area contributed by atoms with Gasteiger partial charge in [-0.25, -0.2) is 8.93 Å². The van der Waals surface area contributed by atoms with Crippen LogP contribution in [0.15, 0.2) is 34.7 Å². The predicted molar refractivity (Wildman–Crippen MR) is 114 cm³/mol. The molecule has 0 unspecified atom stereocenters. The number of hydrogen-bond donors (Lipinski definition) is 1. The second-order valence-corrected chi connectivity index (χ2v) is 10.5. The average Bonchev–Trinajstić information content (AvgIpc) is 3.06. The zero-order valence-electron chi connectivity index (χ0n) is 17.2. The third kappa shape index (κ3) is 4.82. The van der Waals surface area contributed by atoms with Crippen LogP contribution in [-0.2, 0) is 11.0 Å². The molecule has 0 bridgehead atoms. The van der Waals surface area contributed by atoms with Crippen molar-refractivity contribution in [1.82, 2.24) is 4.72 Å². The number of rotatable bonds is 5. The van der Waals surface area contributed by atoms with E-state index in [1.807, 2.05) is 39.8 Å². The normalized spacial score (nSPS) is 17.7. The molecule has 0 aliphatic carbocycles. The average molecular weight is 389 g/mol. The zero-order chi connectivity index (χ0) is 19.6. The van der Waals surface area contributed by atoms with Gasteiger partial charge < -0.3 is 9.32 Å². The Kier molecular flexibility index (Phi) is 6.11. The molecule has 2 atom stereocenters. The van der Waals surface area contributed by atoms with E-state index in [0.717, 1.165) is 30.2 Å². The fourth-order valence-corrected chi connectivity index (χ4v) is 4.28. The number of benzene rings is 1. The Bertz CT molecular complexity index is 801. The molecule has 1 aliphatic heterocycles. The Balaban J connectivity index is 2.04. The number of nitrogens with zero attached hydrogens (tertiary/aromatic N) is 1. The molecular weight excluding hydrogens is 356 g/mol. The molecule has 1 aromatic heterocycles. The minimum atomic E-state index is -1.21. The minimum absolute atomic E-state index is 0.240. The molecular formula is C22H32N2O2S. The van der Waals surface area contributed by atoms with E-state index in [-0.39, 0.29) is 10.8 Å². The molecule has 1 aliphatic rings. The smallest absolute Gasteiger partial charge is 0.126 e. The largest absolute Gasteiger partial charge is 0.464 e. The first kappa shape index (κ1) is 20.2. The van der Waals surface area contributed by atoms with Crippen LogP contribution in [0.4, 0.5) is 5.69 Å². The Morgan fingerprint density at radius 3 is 2.37 bits per heavy atom. The van der Waals surface area contributed by atoms with Crippen LogP contribution in [-0.4, -0.2) is 22.0 Å². The van der Waals surface area contributed by atoms with E-state index in [1.54, 1.807) is 0 Å². The second kappa shape index (κ2) is 8.19. The van der Waals surface area contributed by atoms with Crippen molar-refractivity contribution in [3.63, 3.8) is 0 Å². The molecule has 0 radical (unpaired) electrons. The number of anilines is 1. The van der Waals surface area contributed by atoms with E-state index in [0.29, 0.717) is 0 Å². The highest BCUT2D eigenvalue weighted by Crippen LogP contribution is 2.35. The highest BCUT2D eigenvalue weighted by molar-refractivity contribution is 7.84. The predicted octanol–water partition coefficient (Wildman–Crippen LogP) is 5.03. The summed E-state index contributed by atoms with van der Waals surface area (Å²) in [5, 5.41) is 0. The van der Waals surface area contributed by atoms with Crippen LogP contribution in [0.3, 0.4) is 0 Å². The van der Waals surface area contributed by atoms with Gasteiger partial charge >= 0.3 is 0 Å². The third-order valence-corrected chi connectivity index (χ3v) is 6.58. The number of aryl methyl sites for hydroxylation is 2. The van der Waals surface area contributed by atoms with Crippen molar-refractivity contribution in [3.8, 4) is 0 Å². The fourth-order valence-electron chi connectivity index (χ4n) is 3.47. The molecule has 3 rings (SSSR count). The van der Waals surface area contributed by atoms with Crippen LogP contribution >= 0.6 is 0 Å². The van der Waals surface area contributed by atoms with Crippen molar-refractivity contribution in [2.45, 2.75) is 64.7 Å². The van der Waals surface area contributed by atoms with Gasteiger partial charge in [0, 0.05) is 24.3 Å². The zero-order valence-corrected chi connectivity index (χ0v) is 18.0. The second-order valence-electron chi connectivity index (χ2n) is 8.49. The summed E-state index contributed by atoms with van der Waals surface area (Å²) in [5.74, 6) is 1.68. The van der Waals surface area contributed by atoms with Crippen molar-refractivity contribution in [1.29, 1.82) is 0 Å². The van der Waals surface area contributed by atoms with Crippen LogP contribution in [0.1, 0.15) is 68.7 Å². The van der Waals surface area contributed by atoms with Gasteiger partial charge in [0.05, 0.1) is 15.7 Å². The maximum atomic E-state index is 12.9. The van der Waals surface area contributed by atoms with Gasteiger partial charge in [-0.2, -0.15) is 0 Å². The molecule has 2 heterocycles. The highest BCUT2D eigenvalue weighted by Gasteiger charge is 2.29. The topological polar surface area (TPSA) is 45.5 Å². The quantitative estimate of drug-likeness (QED) is 0.781. The monoisotopic (exact) mass is 388 g/mol. The van der Waals surface area contributed by atoms with E-state index in [1.165, 1.54) is 30.5 Å². The molecule has 0 spiro atoms.